The quantitative estimate of drug-likeness (QED) is 0.180. The number of nitrogens with one attached hydrogen (secondary N) is 3. The summed E-state index contributed by atoms with van der Waals surface area (Å²) in [6, 6.07) is 6.49. The third-order valence-electron chi connectivity index (χ3n) is 5.26. The summed E-state index contributed by atoms with van der Waals surface area (Å²) in [5, 5.41) is 9.60. The number of carbonyl (C=O) groups is 1. The van der Waals surface area contributed by atoms with Crippen LogP contribution >= 0.6 is 24.0 Å². The van der Waals surface area contributed by atoms with Crippen molar-refractivity contribution in [3.63, 3.8) is 0 Å². The zero-order chi connectivity index (χ0) is 21.8. The normalized spacial score (nSPS) is 15.0. The van der Waals surface area contributed by atoms with Gasteiger partial charge in [0.15, 0.2) is 17.5 Å². The van der Waals surface area contributed by atoms with Crippen LogP contribution < -0.4 is 25.4 Å². The van der Waals surface area contributed by atoms with E-state index in [9.17, 15) is 4.79 Å². The molecule has 1 fully saturated rings. The molecule has 0 saturated carbocycles. The van der Waals surface area contributed by atoms with Crippen LogP contribution in [0.4, 0.5) is 0 Å². The van der Waals surface area contributed by atoms with E-state index in [0.717, 1.165) is 62.8 Å². The van der Waals surface area contributed by atoms with Crippen molar-refractivity contribution in [1.82, 2.24) is 20.9 Å². The summed E-state index contributed by atoms with van der Waals surface area (Å²) in [6.45, 7) is 5.75. The average Bonchev–Trinajstić information content (AvgIpc) is 2.77. The summed E-state index contributed by atoms with van der Waals surface area (Å²) in [6.07, 6.45) is 3.95. The number of rotatable bonds is 10. The van der Waals surface area contributed by atoms with E-state index >= 15 is 0 Å². The van der Waals surface area contributed by atoms with Crippen LogP contribution in [0.1, 0.15) is 31.7 Å². The van der Waals surface area contributed by atoms with E-state index in [-0.39, 0.29) is 29.9 Å². The maximum absolute atomic E-state index is 11.5. The predicted molar refractivity (Wildman–Crippen MR) is 136 cm³/mol. The molecule has 3 N–H and O–H groups in total. The molecule has 0 atom stereocenters. The molecule has 31 heavy (non-hydrogen) atoms. The molecule has 1 saturated heterocycles. The highest BCUT2D eigenvalue weighted by Crippen LogP contribution is 2.28. The molecule has 0 radical (unpaired) electrons. The fraction of sp³-hybridized carbons (Fsp3) is 0.636. The van der Waals surface area contributed by atoms with Crippen LogP contribution in [0.15, 0.2) is 23.2 Å². The second kappa shape index (κ2) is 15.1. The van der Waals surface area contributed by atoms with Gasteiger partial charge in [-0.3, -0.25) is 14.7 Å². The molecule has 1 heterocycles. The fourth-order valence-corrected chi connectivity index (χ4v) is 3.55. The Kier molecular flexibility index (Phi) is 13.3. The summed E-state index contributed by atoms with van der Waals surface area (Å²) in [7, 11) is 5.14. The summed E-state index contributed by atoms with van der Waals surface area (Å²) in [5.41, 5.74) is 1.23. The molecular weight excluding hydrogens is 509 g/mol. The van der Waals surface area contributed by atoms with E-state index in [2.05, 4.69) is 38.0 Å². The number of aryl methyl sites for hydroxylation is 1. The van der Waals surface area contributed by atoms with Crippen molar-refractivity contribution in [2.75, 3.05) is 54.0 Å². The van der Waals surface area contributed by atoms with Crippen LogP contribution in [0.5, 0.6) is 11.5 Å². The maximum atomic E-state index is 11.5. The summed E-state index contributed by atoms with van der Waals surface area (Å²) in [4.78, 5) is 18.0. The van der Waals surface area contributed by atoms with Crippen molar-refractivity contribution in [1.29, 1.82) is 0 Å². The molecule has 0 aromatic heterocycles. The highest BCUT2D eigenvalue weighted by molar-refractivity contribution is 14.0. The number of hydrogen-bond donors (Lipinski definition) is 3. The first-order valence-electron chi connectivity index (χ1n) is 10.8. The molecule has 0 bridgehead atoms. The van der Waals surface area contributed by atoms with E-state index in [1.807, 2.05) is 13.0 Å². The standard InChI is InChI=1S/C22H37N5O3.HI/c1-5-30-20-15-17(8-9-19(20)29-4)7-6-12-25-22(24-3)26-18-10-13-27(14-11-18)16-21(28)23-2;/h8-9,15,18H,5-7,10-14,16H2,1-4H3,(H,23,28)(H2,24,25,26);1H. The van der Waals surface area contributed by atoms with Crippen LogP contribution in [0.3, 0.4) is 0 Å². The molecule has 0 spiro atoms. The number of likely N-dealkylation sites (tertiary alicyclic amines) is 1. The first-order valence-corrected chi connectivity index (χ1v) is 10.8. The van der Waals surface area contributed by atoms with Gasteiger partial charge in [0.25, 0.3) is 0 Å². The molecule has 9 heteroatoms. The monoisotopic (exact) mass is 547 g/mol. The molecule has 0 unspecified atom stereocenters. The number of piperidine rings is 1. The van der Waals surface area contributed by atoms with E-state index in [4.69, 9.17) is 9.47 Å². The fourth-order valence-electron chi connectivity index (χ4n) is 3.55. The molecule has 0 aliphatic carbocycles. The molecule has 176 valence electrons. The number of aliphatic imine (C=N–C) groups is 1. The number of nitrogens with zero attached hydrogens (tertiary/aromatic N) is 2. The lowest BCUT2D eigenvalue weighted by molar-refractivity contribution is -0.122. The Bertz CT molecular complexity index is 694. The van der Waals surface area contributed by atoms with Crippen LogP contribution in [0.25, 0.3) is 0 Å². The summed E-state index contributed by atoms with van der Waals surface area (Å²) in [5.74, 6) is 2.48. The number of guanidine groups is 1. The Hall–Kier alpha value is -1.75. The lowest BCUT2D eigenvalue weighted by atomic mass is 10.1. The van der Waals surface area contributed by atoms with E-state index in [0.29, 0.717) is 19.2 Å². The van der Waals surface area contributed by atoms with Crippen LogP contribution in [-0.4, -0.2) is 76.8 Å². The molecule has 1 aromatic carbocycles. The van der Waals surface area contributed by atoms with Gasteiger partial charge >= 0.3 is 0 Å². The number of hydrogen-bond acceptors (Lipinski definition) is 5. The average molecular weight is 547 g/mol. The van der Waals surface area contributed by atoms with Gasteiger partial charge in [-0.25, -0.2) is 0 Å². The predicted octanol–water partition coefficient (Wildman–Crippen LogP) is 2.02. The van der Waals surface area contributed by atoms with Gasteiger partial charge in [0, 0.05) is 39.8 Å². The zero-order valence-electron chi connectivity index (χ0n) is 19.2. The first-order chi connectivity index (χ1) is 14.6. The molecular formula is C22H38IN5O3. The Morgan fingerprint density at radius 3 is 2.61 bits per heavy atom. The molecule has 8 nitrogen and oxygen atoms in total. The lowest BCUT2D eigenvalue weighted by Gasteiger charge is -2.32. The number of methoxy groups -OCH3 is 1. The van der Waals surface area contributed by atoms with E-state index in [1.165, 1.54) is 5.56 Å². The van der Waals surface area contributed by atoms with Gasteiger partial charge in [0.1, 0.15) is 0 Å². The van der Waals surface area contributed by atoms with Crippen molar-refractivity contribution in [3.8, 4) is 11.5 Å². The Morgan fingerprint density at radius 1 is 1.26 bits per heavy atom. The number of amides is 1. The number of benzene rings is 1. The third-order valence-corrected chi connectivity index (χ3v) is 5.26. The van der Waals surface area contributed by atoms with Gasteiger partial charge in [0.2, 0.25) is 5.91 Å². The smallest absolute Gasteiger partial charge is 0.233 e. The van der Waals surface area contributed by atoms with Crippen molar-refractivity contribution in [2.45, 2.75) is 38.6 Å². The van der Waals surface area contributed by atoms with Gasteiger partial charge in [-0.15, -0.1) is 24.0 Å². The van der Waals surface area contributed by atoms with E-state index in [1.54, 1.807) is 21.2 Å². The van der Waals surface area contributed by atoms with Gasteiger partial charge in [-0.1, -0.05) is 6.07 Å². The highest BCUT2D eigenvalue weighted by Gasteiger charge is 2.21. The lowest BCUT2D eigenvalue weighted by Crippen LogP contribution is -2.50. The molecule has 2 rings (SSSR count). The van der Waals surface area contributed by atoms with Crippen molar-refractivity contribution >= 4 is 35.8 Å². The maximum Gasteiger partial charge on any atom is 0.233 e. The second-order valence-electron chi connectivity index (χ2n) is 7.39. The largest absolute Gasteiger partial charge is 0.493 e. The summed E-state index contributed by atoms with van der Waals surface area (Å²) >= 11 is 0. The first kappa shape index (κ1) is 27.3. The Morgan fingerprint density at radius 2 is 2.00 bits per heavy atom. The van der Waals surface area contributed by atoms with Gasteiger partial charge in [-0.2, -0.15) is 0 Å². The zero-order valence-corrected chi connectivity index (χ0v) is 21.5. The minimum absolute atomic E-state index is 0. The minimum Gasteiger partial charge on any atom is -0.493 e. The number of halogens is 1. The molecule has 1 aromatic rings. The van der Waals surface area contributed by atoms with Crippen LogP contribution in [0.2, 0.25) is 0 Å². The third kappa shape index (κ3) is 9.51. The molecule has 1 aliphatic rings. The Balaban J connectivity index is 0.00000480. The SMILES string of the molecule is CCOc1cc(CCCNC(=NC)NC2CCN(CC(=O)NC)CC2)ccc1OC.I. The number of carbonyl (C=O) groups excluding carboxylic acids is 1. The number of ether oxygens (including phenoxy) is 2. The number of likely N-dealkylation sites (N-methyl/N-ethyl adjacent to an activating group) is 1. The van der Waals surface area contributed by atoms with Crippen molar-refractivity contribution < 1.29 is 14.3 Å². The highest BCUT2D eigenvalue weighted by atomic mass is 127. The van der Waals surface area contributed by atoms with Crippen molar-refractivity contribution in [3.05, 3.63) is 23.8 Å². The van der Waals surface area contributed by atoms with Crippen LogP contribution in [-0.2, 0) is 11.2 Å². The van der Waals surface area contributed by atoms with Gasteiger partial charge < -0.3 is 25.4 Å². The molecule has 1 amide bonds. The van der Waals surface area contributed by atoms with Gasteiger partial charge in [-0.05, 0) is 50.3 Å². The Labute approximate surface area is 203 Å². The second-order valence-corrected chi connectivity index (χ2v) is 7.39. The van der Waals surface area contributed by atoms with Gasteiger partial charge in [0.05, 0.1) is 20.3 Å². The topological polar surface area (TPSA) is 87.2 Å². The summed E-state index contributed by atoms with van der Waals surface area (Å²) < 4.78 is 11.0. The van der Waals surface area contributed by atoms with E-state index < -0.39 is 0 Å². The van der Waals surface area contributed by atoms with Crippen molar-refractivity contribution in [2.24, 2.45) is 4.99 Å². The van der Waals surface area contributed by atoms with Crippen LogP contribution in [0, 0.1) is 0 Å². The minimum atomic E-state index is 0. The molecule has 1 aliphatic heterocycles.